The molecule has 0 aliphatic rings. The van der Waals surface area contributed by atoms with E-state index in [4.69, 9.17) is 21.4 Å². The summed E-state index contributed by atoms with van der Waals surface area (Å²) in [6, 6.07) is 10.6. The standard InChI is InChI=1S/C15H13ClO3/c1-9-5-11(7-12(6-9)15(17)18)10-3-4-14(19-2)13(16)8-10/h3-8H,1-2H3,(H,17,18). The number of benzene rings is 2. The van der Waals surface area contributed by atoms with Gasteiger partial charge in [0.05, 0.1) is 17.7 Å². The molecule has 0 fully saturated rings. The van der Waals surface area contributed by atoms with Crippen molar-refractivity contribution in [2.45, 2.75) is 6.92 Å². The van der Waals surface area contributed by atoms with Crippen LogP contribution in [0.15, 0.2) is 36.4 Å². The lowest BCUT2D eigenvalue weighted by Crippen LogP contribution is -1.97. The van der Waals surface area contributed by atoms with E-state index in [1.54, 1.807) is 31.4 Å². The van der Waals surface area contributed by atoms with E-state index in [0.29, 0.717) is 10.8 Å². The van der Waals surface area contributed by atoms with E-state index in [1.165, 1.54) is 0 Å². The van der Waals surface area contributed by atoms with Gasteiger partial charge in [0.25, 0.3) is 0 Å². The van der Waals surface area contributed by atoms with E-state index in [-0.39, 0.29) is 5.56 Å². The highest BCUT2D eigenvalue weighted by atomic mass is 35.5. The van der Waals surface area contributed by atoms with Gasteiger partial charge in [0.15, 0.2) is 0 Å². The lowest BCUT2D eigenvalue weighted by atomic mass is 10.0. The molecule has 0 amide bonds. The van der Waals surface area contributed by atoms with E-state index in [1.807, 2.05) is 19.1 Å². The van der Waals surface area contributed by atoms with Crippen LogP contribution in [-0.4, -0.2) is 18.2 Å². The Bertz CT molecular complexity index is 635. The molecule has 0 aliphatic heterocycles. The molecule has 0 bridgehead atoms. The molecule has 0 spiro atoms. The molecule has 0 radical (unpaired) electrons. The molecule has 98 valence electrons. The minimum atomic E-state index is -0.940. The maximum Gasteiger partial charge on any atom is 0.335 e. The van der Waals surface area contributed by atoms with Gasteiger partial charge in [0, 0.05) is 0 Å². The molecule has 4 heteroatoms. The number of aryl methyl sites for hydroxylation is 1. The highest BCUT2D eigenvalue weighted by molar-refractivity contribution is 6.32. The van der Waals surface area contributed by atoms with Crippen molar-refractivity contribution < 1.29 is 14.6 Å². The number of aromatic carboxylic acids is 1. The normalized spacial score (nSPS) is 10.3. The summed E-state index contributed by atoms with van der Waals surface area (Å²) in [6.45, 7) is 1.86. The molecule has 0 saturated carbocycles. The van der Waals surface area contributed by atoms with E-state index in [0.717, 1.165) is 16.7 Å². The number of carboxylic acids is 1. The lowest BCUT2D eigenvalue weighted by molar-refractivity contribution is 0.0697. The summed E-state index contributed by atoms with van der Waals surface area (Å²) < 4.78 is 5.10. The molecule has 0 atom stereocenters. The van der Waals surface area contributed by atoms with E-state index in [2.05, 4.69) is 0 Å². The van der Waals surface area contributed by atoms with Crippen LogP contribution in [0.25, 0.3) is 11.1 Å². The lowest BCUT2D eigenvalue weighted by Gasteiger charge is -2.08. The maximum absolute atomic E-state index is 11.1. The second kappa shape index (κ2) is 5.33. The topological polar surface area (TPSA) is 46.5 Å². The van der Waals surface area contributed by atoms with Crippen molar-refractivity contribution in [3.63, 3.8) is 0 Å². The average molecular weight is 277 g/mol. The van der Waals surface area contributed by atoms with Crippen LogP contribution < -0.4 is 4.74 Å². The smallest absolute Gasteiger partial charge is 0.335 e. The SMILES string of the molecule is COc1ccc(-c2cc(C)cc(C(=O)O)c2)cc1Cl. The number of hydrogen-bond acceptors (Lipinski definition) is 2. The quantitative estimate of drug-likeness (QED) is 0.921. The van der Waals surface area contributed by atoms with E-state index >= 15 is 0 Å². The van der Waals surface area contributed by atoms with Crippen LogP contribution in [0.2, 0.25) is 5.02 Å². The number of halogens is 1. The summed E-state index contributed by atoms with van der Waals surface area (Å²) in [5.41, 5.74) is 2.84. The van der Waals surface area contributed by atoms with Crippen LogP contribution in [0, 0.1) is 6.92 Å². The van der Waals surface area contributed by atoms with Crippen LogP contribution in [0.4, 0.5) is 0 Å². The number of rotatable bonds is 3. The molecule has 2 aromatic carbocycles. The summed E-state index contributed by atoms with van der Waals surface area (Å²) in [7, 11) is 1.55. The third-order valence-electron chi connectivity index (χ3n) is 2.81. The maximum atomic E-state index is 11.1. The summed E-state index contributed by atoms with van der Waals surface area (Å²) in [5, 5.41) is 9.57. The second-order valence-electron chi connectivity index (χ2n) is 4.24. The zero-order valence-corrected chi connectivity index (χ0v) is 11.4. The Morgan fingerprint density at radius 3 is 2.47 bits per heavy atom. The fourth-order valence-electron chi connectivity index (χ4n) is 1.92. The number of ether oxygens (including phenoxy) is 1. The molecule has 0 aliphatic carbocycles. The zero-order valence-electron chi connectivity index (χ0n) is 10.6. The molecule has 3 nitrogen and oxygen atoms in total. The van der Waals surface area contributed by atoms with Gasteiger partial charge in [-0.1, -0.05) is 23.7 Å². The largest absolute Gasteiger partial charge is 0.495 e. The zero-order chi connectivity index (χ0) is 14.0. The monoisotopic (exact) mass is 276 g/mol. The second-order valence-corrected chi connectivity index (χ2v) is 4.65. The van der Waals surface area contributed by atoms with Crippen LogP contribution in [0.5, 0.6) is 5.75 Å². The van der Waals surface area contributed by atoms with Gasteiger partial charge in [-0.05, 0) is 47.9 Å². The first-order valence-electron chi connectivity index (χ1n) is 5.70. The van der Waals surface area contributed by atoms with E-state index in [9.17, 15) is 4.79 Å². The summed E-state index contributed by atoms with van der Waals surface area (Å²) >= 11 is 6.08. The number of methoxy groups -OCH3 is 1. The Morgan fingerprint density at radius 1 is 1.16 bits per heavy atom. The van der Waals surface area contributed by atoms with Crippen LogP contribution >= 0.6 is 11.6 Å². The number of hydrogen-bond donors (Lipinski definition) is 1. The Kier molecular flexibility index (Phi) is 3.76. The van der Waals surface area contributed by atoms with Crippen molar-refractivity contribution in [2.24, 2.45) is 0 Å². The average Bonchev–Trinajstić information content (AvgIpc) is 2.37. The van der Waals surface area contributed by atoms with Crippen molar-refractivity contribution in [1.82, 2.24) is 0 Å². The van der Waals surface area contributed by atoms with Gasteiger partial charge < -0.3 is 9.84 Å². The fourth-order valence-corrected chi connectivity index (χ4v) is 2.18. The van der Waals surface area contributed by atoms with Crippen LogP contribution in [0.1, 0.15) is 15.9 Å². The van der Waals surface area contributed by atoms with Gasteiger partial charge in [0.1, 0.15) is 5.75 Å². The Balaban J connectivity index is 2.52. The minimum Gasteiger partial charge on any atom is -0.495 e. The predicted octanol–water partition coefficient (Wildman–Crippen LogP) is 4.02. The molecule has 2 aromatic rings. The van der Waals surface area contributed by atoms with Gasteiger partial charge in [-0.15, -0.1) is 0 Å². The van der Waals surface area contributed by atoms with Gasteiger partial charge >= 0.3 is 5.97 Å². The van der Waals surface area contributed by atoms with E-state index < -0.39 is 5.97 Å². The van der Waals surface area contributed by atoms with Gasteiger partial charge in [-0.2, -0.15) is 0 Å². The van der Waals surface area contributed by atoms with Crippen LogP contribution in [-0.2, 0) is 0 Å². The molecular formula is C15H13ClO3. The van der Waals surface area contributed by atoms with Crippen molar-refractivity contribution in [1.29, 1.82) is 0 Å². The summed E-state index contributed by atoms with van der Waals surface area (Å²) in [5.74, 6) is -0.346. The van der Waals surface area contributed by atoms with Crippen LogP contribution in [0.3, 0.4) is 0 Å². The fraction of sp³-hybridized carbons (Fsp3) is 0.133. The van der Waals surface area contributed by atoms with Crippen molar-refractivity contribution in [2.75, 3.05) is 7.11 Å². The third-order valence-corrected chi connectivity index (χ3v) is 3.10. The first kappa shape index (κ1) is 13.4. The Hall–Kier alpha value is -2.00. The first-order chi connectivity index (χ1) is 9.01. The minimum absolute atomic E-state index is 0.266. The van der Waals surface area contributed by atoms with Gasteiger partial charge in [-0.25, -0.2) is 4.79 Å². The molecule has 0 unspecified atom stereocenters. The molecule has 0 aromatic heterocycles. The number of carbonyl (C=O) groups is 1. The molecule has 19 heavy (non-hydrogen) atoms. The van der Waals surface area contributed by atoms with Crippen molar-refractivity contribution in [3.8, 4) is 16.9 Å². The highest BCUT2D eigenvalue weighted by Crippen LogP contribution is 2.31. The molecule has 1 N–H and O–H groups in total. The Labute approximate surface area is 116 Å². The molecule has 2 rings (SSSR count). The molecule has 0 saturated heterocycles. The number of carboxylic acid groups (broad SMARTS) is 1. The summed E-state index contributed by atoms with van der Waals surface area (Å²) in [6.07, 6.45) is 0. The first-order valence-corrected chi connectivity index (χ1v) is 6.08. The van der Waals surface area contributed by atoms with Gasteiger partial charge in [0.2, 0.25) is 0 Å². The predicted molar refractivity (Wildman–Crippen MR) is 75.1 cm³/mol. The molecular weight excluding hydrogens is 264 g/mol. The van der Waals surface area contributed by atoms with Gasteiger partial charge in [-0.3, -0.25) is 0 Å². The molecule has 0 heterocycles. The Morgan fingerprint density at radius 2 is 1.89 bits per heavy atom. The van der Waals surface area contributed by atoms with Crippen molar-refractivity contribution in [3.05, 3.63) is 52.5 Å². The highest BCUT2D eigenvalue weighted by Gasteiger charge is 2.08. The third kappa shape index (κ3) is 2.88. The van der Waals surface area contributed by atoms with Crippen molar-refractivity contribution >= 4 is 17.6 Å². The summed E-state index contributed by atoms with van der Waals surface area (Å²) in [4.78, 5) is 11.1.